The number of fused-ring (bicyclic) bond motifs is 1. The molecular formula is C15H21NO4. The fraction of sp³-hybridized carbons (Fsp3) is 0.533. The van der Waals surface area contributed by atoms with Crippen LogP contribution in [0.5, 0.6) is 11.5 Å². The van der Waals surface area contributed by atoms with Crippen LogP contribution in [-0.4, -0.2) is 40.8 Å². The molecule has 110 valence electrons. The molecule has 1 aliphatic rings. The number of carbonyl (C=O) groups excluding carboxylic acids is 1. The van der Waals surface area contributed by atoms with Crippen LogP contribution >= 0.6 is 0 Å². The van der Waals surface area contributed by atoms with Crippen molar-refractivity contribution in [1.82, 2.24) is 4.90 Å². The molecule has 1 aliphatic heterocycles. The maximum absolute atomic E-state index is 11.7. The summed E-state index contributed by atoms with van der Waals surface area (Å²) in [4.78, 5) is 13.6. The second kappa shape index (κ2) is 6.13. The summed E-state index contributed by atoms with van der Waals surface area (Å²) < 4.78 is 5.16. The molecule has 0 saturated carbocycles. The first-order chi connectivity index (χ1) is 9.45. The Morgan fingerprint density at radius 3 is 2.85 bits per heavy atom. The van der Waals surface area contributed by atoms with Crippen LogP contribution in [0.2, 0.25) is 0 Å². The van der Waals surface area contributed by atoms with Gasteiger partial charge < -0.3 is 14.9 Å². The molecule has 2 rings (SSSR count). The highest BCUT2D eigenvalue weighted by molar-refractivity contribution is 5.71. The molecule has 1 aromatic carbocycles. The maximum Gasteiger partial charge on any atom is 0.320 e. The van der Waals surface area contributed by atoms with Gasteiger partial charge in [-0.05, 0) is 24.0 Å². The van der Waals surface area contributed by atoms with Crippen molar-refractivity contribution < 1.29 is 19.7 Å². The standard InChI is InChI=1S/C15H21NO4/c1-10(2)9-20-15(19)8-16-4-3-11-5-12(17)6-14(18)13(11)7-16/h5-6,10,17-18H,3-4,7-9H2,1-2H3. The van der Waals surface area contributed by atoms with E-state index in [1.54, 1.807) is 6.07 Å². The van der Waals surface area contributed by atoms with Gasteiger partial charge in [0.05, 0.1) is 13.2 Å². The van der Waals surface area contributed by atoms with Gasteiger partial charge in [-0.15, -0.1) is 0 Å². The van der Waals surface area contributed by atoms with Crippen LogP contribution in [-0.2, 0) is 22.5 Å². The molecule has 20 heavy (non-hydrogen) atoms. The normalized spacial score (nSPS) is 15.2. The minimum absolute atomic E-state index is 0.0750. The van der Waals surface area contributed by atoms with Crippen LogP contribution in [0.25, 0.3) is 0 Å². The van der Waals surface area contributed by atoms with Crippen molar-refractivity contribution in [2.24, 2.45) is 5.92 Å². The summed E-state index contributed by atoms with van der Waals surface area (Å²) in [7, 11) is 0. The number of esters is 1. The number of aromatic hydroxyl groups is 2. The molecule has 0 aliphatic carbocycles. The van der Waals surface area contributed by atoms with E-state index in [1.165, 1.54) is 6.07 Å². The Balaban J connectivity index is 1.96. The summed E-state index contributed by atoms with van der Waals surface area (Å²) in [6.07, 6.45) is 0.703. The number of benzene rings is 1. The molecule has 1 aromatic rings. The molecular weight excluding hydrogens is 258 g/mol. The average molecular weight is 279 g/mol. The molecule has 0 bridgehead atoms. The molecule has 0 unspecified atom stereocenters. The number of carbonyl (C=O) groups is 1. The van der Waals surface area contributed by atoms with E-state index in [9.17, 15) is 15.0 Å². The zero-order valence-corrected chi connectivity index (χ0v) is 11.9. The van der Waals surface area contributed by atoms with Crippen LogP contribution in [0, 0.1) is 5.92 Å². The molecule has 0 saturated heterocycles. The molecule has 2 N–H and O–H groups in total. The summed E-state index contributed by atoms with van der Waals surface area (Å²) in [5.41, 5.74) is 1.72. The number of hydrogen-bond donors (Lipinski definition) is 2. The quantitative estimate of drug-likeness (QED) is 0.820. The SMILES string of the molecule is CC(C)COC(=O)CN1CCc2cc(O)cc(O)c2C1. The van der Waals surface area contributed by atoms with E-state index < -0.39 is 0 Å². The van der Waals surface area contributed by atoms with Crippen molar-refractivity contribution in [3.05, 3.63) is 23.3 Å². The second-order valence-corrected chi connectivity index (χ2v) is 5.64. The van der Waals surface area contributed by atoms with Gasteiger partial charge >= 0.3 is 5.97 Å². The number of nitrogens with zero attached hydrogens (tertiary/aromatic N) is 1. The van der Waals surface area contributed by atoms with Crippen molar-refractivity contribution in [3.8, 4) is 11.5 Å². The molecule has 0 radical (unpaired) electrons. The highest BCUT2D eigenvalue weighted by Crippen LogP contribution is 2.31. The third kappa shape index (κ3) is 3.63. The van der Waals surface area contributed by atoms with Gasteiger partial charge in [-0.1, -0.05) is 13.8 Å². The molecule has 0 fully saturated rings. The summed E-state index contributed by atoms with van der Waals surface area (Å²) in [6, 6.07) is 3.00. The van der Waals surface area contributed by atoms with E-state index in [-0.39, 0.29) is 24.0 Å². The highest BCUT2D eigenvalue weighted by atomic mass is 16.5. The van der Waals surface area contributed by atoms with Gasteiger partial charge in [0.1, 0.15) is 11.5 Å². The zero-order chi connectivity index (χ0) is 14.7. The average Bonchev–Trinajstić information content (AvgIpc) is 2.37. The summed E-state index contributed by atoms with van der Waals surface area (Å²) in [5.74, 6) is 0.250. The Morgan fingerprint density at radius 2 is 2.15 bits per heavy atom. The van der Waals surface area contributed by atoms with Crippen molar-refractivity contribution in [1.29, 1.82) is 0 Å². The Hall–Kier alpha value is -1.75. The lowest BCUT2D eigenvalue weighted by molar-refractivity contribution is -0.146. The van der Waals surface area contributed by atoms with Gasteiger partial charge in [0.15, 0.2) is 0 Å². The largest absolute Gasteiger partial charge is 0.508 e. The van der Waals surface area contributed by atoms with Crippen molar-refractivity contribution in [3.63, 3.8) is 0 Å². The predicted molar refractivity (Wildman–Crippen MR) is 74.5 cm³/mol. The predicted octanol–water partition coefficient (Wildman–Crippen LogP) is 1.66. The maximum atomic E-state index is 11.7. The Bertz CT molecular complexity index is 499. The third-order valence-corrected chi connectivity index (χ3v) is 3.31. The first kappa shape index (κ1) is 14.7. The van der Waals surface area contributed by atoms with E-state index in [0.717, 1.165) is 11.1 Å². The smallest absolute Gasteiger partial charge is 0.320 e. The van der Waals surface area contributed by atoms with Crippen LogP contribution in [0.3, 0.4) is 0 Å². The molecule has 5 nitrogen and oxygen atoms in total. The zero-order valence-electron chi connectivity index (χ0n) is 11.9. The van der Waals surface area contributed by atoms with E-state index in [4.69, 9.17) is 4.74 Å². The lowest BCUT2D eigenvalue weighted by Crippen LogP contribution is -2.35. The Morgan fingerprint density at radius 1 is 1.40 bits per heavy atom. The molecule has 0 spiro atoms. The van der Waals surface area contributed by atoms with Crippen LogP contribution in [0.4, 0.5) is 0 Å². The summed E-state index contributed by atoms with van der Waals surface area (Å²) in [6.45, 7) is 5.86. The highest BCUT2D eigenvalue weighted by Gasteiger charge is 2.22. The van der Waals surface area contributed by atoms with Gasteiger partial charge in [0.2, 0.25) is 0 Å². The minimum atomic E-state index is -0.236. The lowest BCUT2D eigenvalue weighted by Gasteiger charge is -2.28. The molecule has 1 heterocycles. The second-order valence-electron chi connectivity index (χ2n) is 5.64. The van der Waals surface area contributed by atoms with Gasteiger partial charge in [0.25, 0.3) is 0 Å². The van der Waals surface area contributed by atoms with E-state index in [2.05, 4.69) is 0 Å². The van der Waals surface area contributed by atoms with Crippen molar-refractivity contribution in [2.75, 3.05) is 19.7 Å². The van der Waals surface area contributed by atoms with Crippen LogP contribution < -0.4 is 0 Å². The van der Waals surface area contributed by atoms with Crippen molar-refractivity contribution in [2.45, 2.75) is 26.8 Å². The number of ether oxygens (including phenoxy) is 1. The first-order valence-corrected chi connectivity index (χ1v) is 6.87. The number of phenolic OH excluding ortho intramolecular Hbond substituents is 2. The molecule has 0 amide bonds. The minimum Gasteiger partial charge on any atom is -0.508 e. The van der Waals surface area contributed by atoms with Crippen molar-refractivity contribution >= 4 is 5.97 Å². The van der Waals surface area contributed by atoms with E-state index in [1.807, 2.05) is 18.7 Å². The summed E-state index contributed by atoms with van der Waals surface area (Å²) >= 11 is 0. The molecule has 5 heteroatoms. The summed E-state index contributed by atoms with van der Waals surface area (Å²) in [5, 5.41) is 19.3. The van der Waals surface area contributed by atoms with Gasteiger partial charge in [-0.2, -0.15) is 0 Å². The number of hydrogen-bond acceptors (Lipinski definition) is 5. The molecule has 0 aromatic heterocycles. The monoisotopic (exact) mass is 279 g/mol. The van der Waals surface area contributed by atoms with E-state index >= 15 is 0 Å². The van der Waals surface area contributed by atoms with E-state index in [0.29, 0.717) is 32.0 Å². The lowest BCUT2D eigenvalue weighted by atomic mass is 9.98. The van der Waals surface area contributed by atoms with Crippen LogP contribution in [0.1, 0.15) is 25.0 Å². The molecule has 0 atom stereocenters. The van der Waals surface area contributed by atoms with Crippen LogP contribution in [0.15, 0.2) is 12.1 Å². The topological polar surface area (TPSA) is 70.0 Å². The first-order valence-electron chi connectivity index (χ1n) is 6.87. The number of phenols is 2. The van der Waals surface area contributed by atoms with Gasteiger partial charge in [-0.25, -0.2) is 0 Å². The third-order valence-electron chi connectivity index (χ3n) is 3.31. The van der Waals surface area contributed by atoms with Gasteiger partial charge in [-0.3, -0.25) is 9.69 Å². The Labute approximate surface area is 118 Å². The fourth-order valence-electron chi connectivity index (χ4n) is 2.31. The Kier molecular flexibility index (Phi) is 4.49. The number of rotatable bonds is 4. The fourth-order valence-corrected chi connectivity index (χ4v) is 2.31. The van der Waals surface area contributed by atoms with Gasteiger partial charge in [0, 0.05) is 24.7 Å².